The van der Waals surface area contributed by atoms with Crippen LogP contribution in [0.3, 0.4) is 0 Å². The Labute approximate surface area is 56.5 Å². The molecule has 1 radical (unpaired) electrons. The van der Waals surface area contributed by atoms with E-state index in [1.165, 1.54) is 12.0 Å². The monoisotopic (exact) mass is 87.1 g/mol. The van der Waals surface area contributed by atoms with Crippen LogP contribution in [0, 0.1) is 0 Å². The Morgan fingerprint density at radius 3 is 2.43 bits per heavy atom. The molecule has 0 aromatic carbocycles. The Balaban J connectivity index is 0.000000360. The second kappa shape index (κ2) is 3.13. The van der Waals surface area contributed by atoms with Crippen LogP contribution < -0.4 is 0 Å². The molecule has 0 nitrogen and oxygen atoms in total. The van der Waals surface area contributed by atoms with Gasteiger partial charge in [-0.25, -0.2) is 0 Å². The van der Waals surface area contributed by atoms with Gasteiger partial charge >= 0.3 is 0 Å². The average Bonchev–Trinajstić information content (AvgIpc) is 1.86. The first-order valence-corrected chi connectivity index (χ1v) is 2.22. The summed E-state index contributed by atoms with van der Waals surface area (Å²) in [6, 6.07) is 0. The summed E-state index contributed by atoms with van der Waals surface area (Å²) in [5, 5.41) is 0. The maximum atomic E-state index is 2.16. The number of rotatable bonds is 0. The molecule has 1 aliphatic rings. The summed E-state index contributed by atoms with van der Waals surface area (Å²) in [5.74, 6) is 0. The van der Waals surface area contributed by atoms with Gasteiger partial charge in [-0.3, -0.25) is 0 Å². The van der Waals surface area contributed by atoms with E-state index in [9.17, 15) is 0 Å². The van der Waals surface area contributed by atoms with Gasteiger partial charge in [-0.2, -0.15) is 0 Å². The molecule has 0 amide bonds. The van der Waals surface area contributed by atoms with Crippen molar-refractivity contribution in [3.05, 3.63) is 23.8 Å². The maximum Gasteiger partial charge on any atom is 0 e. The zero-order valence-corrected chi connectivity index (χ0v) is 4.94. The predicted octanol–water partition coefficient (Wildman–Crippen LogP) is 1.51. The molecule has 0 aromatic rings. The molecule has 0 atom stereocenters. The second-order valence-corrected chi connectivity index (χ2v) is 1.65. The summed E-state index contributed by atoms with van der Waals surface area (Å²) in [6.45, 7) is 2.14. The standard InChI is InChI=1S/C6H8.Li/c1-6-4-2-3-5-6;/h2-4H,5H2,1H3;. The van der Waals surface area contributed by atoms with Gasteiger partial charge in [0.05, 0.1) is 0 Å². The van der Waals surface area contributed by atoms with E-state index in [2.05, 4.69) is 25.2 Å². The molecule has 1 rings (SSSR count). The molecule has 1 aliphatic carbocycles. The predicted molar refractivity (Wildman–Crippen MR) is 33.3 cm³/mol. The van der Waals surface area contributed by atoms with Crippen molar-refractivity contribution in [2.24, 2.45) is 0 Å². The van der Waals surface area contributed by atoms with Crippen molar-refractivity contribution in [1.82, 2.24) is 0 Å². The fourth-order valence-corrected chi connectivity index (χ4v) is 0.554. The van der Waals surface area contributed by atoms with Gasteiger partial charge < -0.3 is 0 Å². The second-order valence-electron chi connectivity index (χ2n) is 1.65. The summed E-state index contributed by atoms with van der Waals surface area (Å²) < 4.78 is 0. The third kappa shape index (κ3) is 2.02. The van der Waals surface area contributed by atoms with E-state index in [0.29, 0.717) is 0 Å². The van der Waals surface area contributed by atoms with E-state index in [4.69, 9.17) is 0 Å². The molecule has 33 valence electrons. The van der Waals surface area contributed by atoms with Crippen molar-refractivity contribution in [1.29, 1.82) is 0 Å². The van der Waals surface area contributed by atoms with Crippen LogP contribution in [0.2, 0.25) is 0 Å². The van der Waals surface area contributed by atoms with Crippen molar-refractivity contribution in [3.63, 3.8) is 0 Å². The van der Waals surface area contributed by atoms with Gasteiger partial charge in [-0.15, -0.1) is 0 Å². The Morgan fingerprint density at radius 1 is 1.57 bits per heavy atom. The van der Waals surface area contributed by atoms with Gasteiger partial charge in [0, 0.05) is 18.9 Å². The van der Waals surface area contributed by atoms with Crippen LogP contribution in [0.4, 0.5) is 0 Å². The molecule has 0 aliphatic heterocycles. The zero-order valence-electron chi connectivity index (χ0n) is 4.94. The van der Waals surface area contributed by atoms with E-state index in [1.807, 2.05) is 0 Å². The van der Waals surface area contributed by atoms with Gasteiger partial charge in [0.25, 0.3) is 0 Å². The average molecular weight is 87.1 g/mol. The number of allylic oxidation sites excluding steroid dienone is 4. The van der Waals surface area contributed by atoms with Crippen LogP contribution in [0.5, 0.6) is 0 Å². The Bertz CT molecular complexity index is 101. The Kier molecular flexibility index (Phi) is 3.16. The van der Waals surface area contributed by atoms with Crippen LogP contribution in [0.15, 0.2) is 23.8 Å². The summed E-state index contributed by atoms with van der Waals surface area (Å²) in [4.78, 5) is 0. The molecule has 0 unspecified atom stereocenters. The van der Waals surface area contributed by atoms with Crippen molar-refractivity contribution >= 4 is 18.9 Å². The zero-order chi connectivity index (χ0) is 4.41. The summed E-state index contributed by atoms with van der Waals surface area (Å²) in [5.41, 5.74) is 1.47. The molecule has 7 heavy (non-hydrogen) atoms. The molecule has 0 N–H and O–H groups in total. The molecule has 0 bridgehead atoms. The fraction of sp³-hybridized carbons (Fsp3) is 0.333. The summed E-state index contributed by atoms with van der Waals surface area (Å²) in [6.07, 6.45) is 7.56. The summed E-state index contributed by atoms with van der Waals surface area (Å²) >= 11 is 0. The van der Waals surface area contributed by atoms with Crippen LogP contribution in [-0.4, -0.2) is 18.9 Å². The van der Waals surface area contributed by atoms with Crippen molar-refractivity contribution in [2.45, 2.75) is 13.3 Å². The molecule has 0 heterocycles. The topological polar surface area (TPSA) is 0 Å². The van der Waals surface area contributed by atoms with Crippen molar-refractivity contribution in [2.75, 3.05) is 0 Å². The molecule has 0 fully saturated rings. The third-order valence-electron chi connectivity index (χ3n) is 0.957. The molecular formula is C6H8Li. The summed E-state index contributed by atoms with van der Waals surface area (Å²) in [7, 11) is 0. The maximum absolute atomic E-state index is 2.16. The van der Waals surface area contributed by atoms with E-state index >= 15 is 0 Å². The van der Waals surface area contributed by atoms with Crippen molar-refractivity contribution in [3.8, 4) is 0 Å². The van der Waals surface area contributed by atoms with Gasteiger partial charge in [-0.1, -0.05) is 23.8 Å². The molecule has 0 saturated carbocycles. The van der Waals surface area contributed by atoms with Gasteiger partial charge in [0.2, 0.25) is 0 Å². The Morgan fingerprint density at radius 2 is 2.29 bits per heavy atom. The Hall–Kier alpha value is 0.0774. The molecule has 0 aromatic heterocycles. The molecule has 1 heteroatoms. The number of hydrogen-bond acceptors (Lipinski definition) is 0. The minimum absolute atomic E-state index is 0. The molecular weight excluding hydrogens is 79.0 g/mol. The normalized spacial score (nSPS) is 15.9. The molecule has 0 spiro atoms. The minimum Gasteiger partial charge on any atom is -0.0805 e. The quantitative estimate of drug-likeness (QED) is 0.393. The van der Waals surface area contributed by atoms with Crippen LogP contribution in [-0.2, 0) is 0 Å². The van der Waals surface area contributed by atoms with E-state index in [0.717, 1.165) is 0 Å². The smallest absolute Gasteiger partial charge is 0 e. The minimum atomic E-state index is 0. The SMILES string of the molecule is CC1=CC=CC1.[Li]. The first-order valence-electron chi connectivity index (χ1n) is 2.22. The van der Waals surface area contributed by atoms with E-state index < -0.39 is 0 Å². The van der Waals surface area contributed by atoms with Gasteiger partial charge in [-0.05, 0) is 13.3 Å². The van der Waals surface area contributed by atoms with Gasteiger partial charge in [0.15, 0.2) is 0 Å². The first-order chi connectivity index (χ1) is 2.89. The van der Waals surface area contributed by atoms with Gasteiger partial charge in [0.1, 0.15) is 0 Å². The molecule has 0 saturated heterocycles. The van der Waals surface area contributed by atoms with Crippen molar-refractivity contribution < 1.29 is 0 Å². The van der Waals surface area contributed by atoms with Crippen LogP contribution in [0.1, 0.15) is 13.3 Å². The third-order valence-corrected chi connectivity index (χ3v) is 0.957. The fourth-order valence-electron chi connectivity index (χ4n) is 0.554. The van der Waals surface area contributed by atoms with E-state index in [1.54, 1.807) is 0 Å². The van der Waals surface area contributed by atoms with Crippen LogP contribution >= 0.6 is 0 Å². The van der Waals surface area contributed by atoms with E-state index in [-0.39, 0.29) is 18.9 Å². The first kappa shape index (κ1) is 7.08. The number of hydrogen-bond donors (Lipinski definition) is 0. The largest absolute Gasteiger partial charge is 0.0805 e. The van der Waals surface area contributed by atoms with Crippen LogP contribution in [0.25, 0.3) is 0 Å².